The number of aromatic carboxylic acids is 1. The quantitative estimate of drug-likeness (QED) is 0.770. The molecular weight excluding hydrogens is 222 g/mol. The van der Waals surface area contributed by atoms with Crippen LogP contribution in [0, 0.1) is 11.3 Å². The lowest BCUT2D eigenvalue weighted by Gasteiger charge is -2.02. The number of hydrogen-bond acceptors (Lipinski definition) is 3. The Morgan fingerprint density at radius 3 is 3.00 bits per heavy atom. The molecule has 0 atom stereocenters. The number of carbonyl (C=O) groups is 1. The Hall–Kier alpha value is -1.47. The third kappa shape index (κ3) is 4.37. The van der Waals surface area contributed by atoms with E-state index in [1.54, 1.807) is 30.0 Å². The number of nitrogens with zero attached hydrogens (tertiary/aromatic N) is 1. The highest BCUT2D eigenvalue weighted by atomic mass is 32.2. The number of carboxylic acids is 1. The molecule has 4 heteroatoms. The lowest BCUT2D eigenvalue weighted by Crippen LogP contribution is -1.96. The number of rotatable bonds is 6. The molecule has 0 bridgehead atoms. The largest absolute Gasteiger partial charge is 0.478 e. The molecule has 84 valence electrons. The predicted molar refractivity (Wildman–Crippen MR) is 64.4 cm³/mol. The van der Waals surface area contributed by atoms with Gasteiger partial charge in [-0.2, -0.15) is 17.0 Å². The summed E-state index contributed by atoms with van der Waals surface area (Å²) in [5.74, 6) is 0.841. The van der Waals surface area contributed by atoms with Gasteiger partial charge in [-0.05, 0) is 29.9 Å². The normalized spacial score (nSPS) is 9.69. The summed E-state index contributed by atoms with van der Waals surface area (Å²) in [5, 5.41) is 17.2. The SMILES string of the molecule is N#CCCCSCc1cccc(C(=O)O)c1. The third-order valence-corrected chi connectivity index (χ3v) is 3.13. The van der Waals surface area contributed by atoms with Gasteiger partial charge in [-0.3, -0.25) is 0 Å². The van der Waals surface area contributed by atoms with Crippen molar-refractivity contribution in [3.05, 3.63) is 35.4 Å². The van der Waals surface area contributed by atoms with E-state index in [2.05, 4.69) is 6.07 Å². The zero-order valence-corrected chi connectivity index (χ0v) is 9.67. The van der Waals surface area contributed by atoms with Crippen LogP contribution in [0.1, 0.15) is 28.8 Å². The second-order valence-corrected chi connectivity index (χ2v) is 4.42. The van der Waals surface area contributed by atoms with Gasteiger partial charge in [0, 0.05) is 12.2 Å². The van der Waals surface area contributed by atoms with Crippen molar-refractivity contribution in [1.82, 2.24) is 0 Å². The fourth-order valence-electron chi connectivity index (χ4n) is 1.24. The highest BCUT2D eigenvalue weighted by Gasteiger charge is 2.02. The maximum Gasteiger partial charge on any atom is 0.335 e. The number of thioether (sulfide) groups is 1. The van der Waals surface area contributed by atoms with Crippen molar-refractivity contribution in [3.63, 3.8) is 0 Å². The third-order valence-electron chi connectivity index (χ3n) is 2.02. The van der Waals surface area contributed by atoms with E-state index in [0.717, 1.165) is 23.5 Å². The van der Waals surface area contributed by atoms with Crippen LogP contribution in [0.15, 0.2) is 24.3 Å². The molecule has 3 nitrogen and oxygen atoms in total. The van der Waals surface area contributed by atoms with Crippen LogP contribution in [0.25, 0.3) is 0 Å². The predicted octanol–water partition coefficient (Wildman–Crippen LogP) is 2.92. The molecule has 0 amide bonds. The first-order valence-electron chi connectivity index (χ1n) is 5.01. The minimum Gasteiger partial charge on any atom is -0.478 e. The molecule has 0 aliphatic heterocycles. The summed E-state index contributed by atoms with van der Waals surface area (Å²) in [6.45, 7) is 0. The maximum atomic E-state index is 10.7. The fourth-order valence-corrected chi connectivity index (χ4v) is 2.15. The average Bonchev–Trinajstić information content (AvgIpc) is 2.29. The lowest BCUT2D eigenvalue weighted by atomic mass is 10.1. The van der Waals surface area contributed by atoms with E-state index in [4.69, 9.17) is 10.4 Å². The summed E-state index contributed by atoms with van der Waals surface area (Å²) in [7, 11) is 0. The van der Waals surface area contributed by atoms with E-state index >= 15 is 0 Å². The molecule has 0 aliphatic carbocycles. The van der Waals surface area contributed by atoms with Gasteiger partial charge in [0.25, 0.3) is 0 Å². The Morgan fingerprint density at radius 2 is 2.31 bits per heavy atom. The summed E-state index contributed by atoms with van der Waals surface area (Å²) in [5.41, 5.74) is 1.34. The minimum atomic E-state index is -0.892. The van der Waals surface area contributed by atoms with Gasteiger partial charge in [0.15, 0.2) is 0 Å². The first-order chi connectivity index (χ1) is 7.74. The van der Waals surface area contributed by atoms with Gasteiger partial charge in [-0.25, -0.2) is 4.79 Å². The van der Waals surface area contributed by atoms with E-state index in [0.29, 0.717) is 12.0 Å². The number of unbranched alkanes of at least 4 members (excludes halogenated alkanes) is 1. The molecule has 0 radical (unpaired) electrons. The first-order valence-corrected chi connectivity index (χ1v) is 6.16. The van der Waals surface area contributed by atoms with Crippen molar-refractivity contribution in [1.29, 1.82) is 5.26 Å². The van der Waals surface area contributed by atoms with E-state index in [-0.39, 0.29) is 0 Å². The summed E-state index contributed by atoms with van der Waals surface area (Å²) >= 11 is 1.72. The molecule has 0 saturated carbocycles. The van der Waals surface area contributed by atoms with Crippen LogP contribution >= 0.6 is 11.8 Å². The van der Waals surface area contributed by atoms with Crippen LogP contribution in [-0.2, 0) is 5.75 Å². The lowest BCUT2D eigenvalue weighted by molar-refractivity contribution is 0.0697. The van der Waals surface area contributed by atoms with Crippen LogP contribution in [0.4, 0.5) is 0 Å². The van der Waals surface area contributed by atoms with Gasteiger partial charge >= 0.3 is 5.97 Å². The van der Waals surface area contributed by atoms with Gasteiger partial charge in [-0.1, -0.05) is 12.1 Å². The van der Waals surface area contributed by atoms with E-state index in [1.807, 2.05) is 6.07 Å². The summed E-state index contributed by atoms with van der Waals surface area (Å²) in [6, 6.07) is 9.06. The van der Waals surface area contributed by atoms with Crippen LogP contribution in [0.2, 0.25) is 0 Å². The van der Waals surface area contributed by atoms with Crippen LogP contribution in [0.3, 0.4) is 0 Å². The van der Waals surface area contributed by atoms with Gasteiger partial charge in [0.1, 0.15) is 0 Å². The monoisotopic (exact) mass is 235 g/mol. The summed E-state index contributed by atoms with van der Waals surface area (Å²) in [6.07, 6.45) is 1.47. The second kappa shape index (κ2) is 6.91. The highest BCUT2D eigenvalue weighted by molar-refractivity contribution is 7.98. The molecule has 0 aromatic heterocycles. The molecule has 16 heavy (non-hydrogen) atoms. The van der Waals surface area contributed by atoms with Gasteiger partial charge in [-0.15, -0.1) is 0 Å². The van der Waals surface area contributed by atoms with Crippen molar-refractivity contribution in [2.45, 2.75) is 18.6 Å². The molecule has 0 unspecified atom stereocenters. The Balaban J connectivity index is 2.39. The van der Waals surface area contributed by atoms with Crippen molar-refractivity contribution in [2.24, 2.45) is 0 Å². The number of hydrogen-bond donors (Lipinski definition) is 1. The zero-order valence-electron chi connectivity index (χ0n) is 8.85. The molecule has 0 heterocycles. The molecule has 0 spiro atoms. The number of nitriles is 1. The molecule has 0 aliphatic rings. The van der Waals surface area contributed by atoms with E-state index in [1.165, 1.54) is 0 Å². The Kier molecular flexibility index (Phi) is 5.44. The van der Waals surface area contributed by atoms with Crippen LogP contribution < -0.4 is 0 Å². The smallest absolute Gasteiger partial charge is 0.335 e. The molecule has 1 N–H and O–H groups in total. The average molecular weight is 235 g/mol. The Labute approximate surface area is 99.1 Å². The van der Waals surface area contributed by atoms with Crippen molar-refractivity contribution in [2.75, 3.05) is 5.75 Å². The van der Waals surface area contributed by atoms with Gasteiger partial charge in [0.05, 0.1) is 11.6 Å². The van der Waals surface area contributed by atoms with E-state index < -0.39 is 5.97 Å². The highest BCUT2D eigenvalue weighted by Crippen LogP contribution is 2.15. The number of carboxylic acid groups (broad SMARTS) is 1. The topological polar surface area (TPSA) is 61.1 Å². The minimum absolute atomic E-state index is 0.329. The first kappa shape index (κ1) is 12.6. The molecule has 1 aromatic rings. The second-order valence-electron chi connectivity index (χ2n) is 3.32. The van der Waals surface area contributed by atoms with Crippen molar-refractivity contribution >= 4 is 17.7 Å². The number of benzene rings is 1. The molecule has 1 rings (SSSR count). The van der Waals surface area contributed by atoms with Crippen LogP contribution in [-0.4, -0.2) is 16.8 Å². The van der Waals surface area contributed by atoms with Gasteiger partial charge < -0.3 is 5.11 Å². The zero-order chi connectivity index (χ0) is 11.8. The molecule has 0 saturated heterocycles. The maximum absolute atomic E-state index is 10.7. The molecule has 0 fully saturated rings. The standard InChI is InChI=1S/C12H13NO2S/c13-6-1-2-7-16-9-10-4-3-5-11(8-10)12(14)15/h3-5,8H,1-2,7,9H2,(H,14,15). The Morgan fingerprint density at radius 1 is 1.50 bits per heavy atom. The van der Waals surface area contributed by atoms with E-state index in [9.17, 15) is 4.79 Å². The fraction of sp³-hybridized carbons (Fsp3) is 0.333. The summed E-state index contributed by atoms with van der Waals surface area (Å²) in [4.78, 5) is 10.7. The molecule has 1 aromatic carbocycles. The van der Waals surface area contributed by atoms with Crippen molar-refractivity contribution in [3.8, 4) is 6.07 Å². The van der Waals surface area contributed by atoms with Gasteiger partial charge in [0.2, 0.25) is 0 Å². The van der Waals surface area contributed by atoms with Crippen LogP contribution in [0.5, 0.6) is 0 Å². The van der Waals surface area contributed by atoms with Crippen molar-refractivity contribution < 1.29 is 9.90 Å². The summed E-state index contributed by atoms with van der Waals surface area (Å²) < 4.78 is 0. The molecular formula is C12H13NO2S. The Bertz CT molecular complexity index is 398.